The number of hydrogen-bond acceptors (Lipinski definition) is 6. The quantitative estimate of drug-likeness (QED) is 0.704. The Bertz CT molecular complexity index is 1050. The topological polar surface area (TPSA) is 109 Å². The Kier molecular flexibility index (Phi) is 4.76. The summed E-state index contributed by atoms with van der Waals surface area (Å²) in [6.45, 7) is 0. The number of nitrogens with zero attached hydrogens (tertiary/aromatic N) is 3. The first kappa shape index (κ1) is 18.7. The van der Waals surface area contributed by atoms with Gasteiger partial charge in [0.15, 0.2) is 5.75 Å². The summed E-state index contributed by atoms with van der Waals surface area (Å²) in [5, 5.41) is 12.5. The zero-order valence-electron chi connectivity index (χ0n) is 13.3. The van der Waals surface area contributed by atoms with E-state index in [0.717, 1.165) is 10.7 Å². The van der Waals surface area contributed by atoms with Crippen molar-refractivity contribution >= 4 is 10.3 Å². The third kappa shape index (κ3) is 4.95. The van der Waals surface area contributed by atoms with Gasteiger partial charge in [0.05, 0.1) is 6.20 Å². The Balaban J connectivity index is 1.88. The van der Waals surface area contributed by atoms with E-state index < -0.39 is 22.4 Å². The predicted molar refractivity (Wildman–Crippen MR) is 87.2 cm³/mol. The Morgan fingerprint density at radius 3 is 2.33 bits per heavy atom. The van der Waals surface area contributed by atoms with Crippen molar-refractivity contribution in [2.75, 3.05) is 0 Å². The van der Waals surface area contributed by atoms with Gasteiger partial charge in [-0.15, -0.1) is 18.3 Å². The first-order valence-corrected chi connectivity index (χ1v) is 8.68. The van der Waals surface area contributed by atoms with Gasteiger partial charge in [-0.3, -0.25) is 0 Å². The number of alkyl halides is 3. The molecule has 0 unspecified atom stereocenters. The highest BCUT2D eigenvalue weighted by Gasteiger charge is 2.32. The minimum absolute atomic E-state index is 0.00225. The molecule has 0 fully saturated rings. The van der Waals surface area contributed by atoms with Crippen molar-refractivity contribution in [1.82, 2.24) is 15.0 Å². The van der Waals surface area contributed by atoms with E-state index in [1.54, 1.807) is 0 Å². The molecule has 0 bridgehead atoms. The van der Waals surface area contributed by atoms with Crippen molar-refractivity contribution < 1.29 is 30.5 Å². The van der Waals surface area contributed by atoms with Crippen molar-refractivity contribution in [2.45, 2.75) is 6.36 Å². The summed E-state index contributed by atoms with van der Waals surface area (Å²) in [7, 11) is -4.14. The lowest BCUT2D eigenvalue weighted by Gasteiger charge is -2.12. The van der Waals surface area contributed by atoms with Gasteiger partial charge in [0.2, 0.25) is 0 Å². The van der Waals surface area contributed by atoms with Gasteiger partial charge in [-0.25, -0.2) is 4.68 Å². The molecule has 0 saturated heterocycles. The third-order valence-electron chi connectivity index (χ3n) is 3.19. The van der Waals surface area contributed by atoms with Gasteiger partial charge in [-0.05, 0) is 36.4 Å². The second-order valence-electron chi connectivity index (χ2n) is 5.16. The van der Waals surface area contributed by atoms with E-state index >= 15 is 0 Å². The Morgan fingerprint density at radius 2 is 1.70 bits per heavy atom. The number of ether oxygens (including phenoxy) is 1. The van der Waals surface area contributed by atoms with Crippen LogP contribution in [0.15, 0.2) is 54.7 Å². The molecule has 2 N–H and O–H groups in total. The Morgan fingerprint density at radius 1 is 1.04 bits per heavy atom. The molecule has 2 aromatic carbocycles. The van der Waals surface area contributed by atoms with Crippen LogP contribution in [-0.2, 0) is 10.3 Å². The molecular formula is C15H11F3N4O4S. The van der Waals surface area contributed by atoms with E-state index in [0.29, 0.717) is 11.3 Å². The smallest absolute Gasteiger partial charge is 0.403 e. The summed E-state index contributed by atoms with van der Waals surface area (Å²) < 4.78 is 69.0. The number of para-hydroxylation sites is 2. The summed E-state index contributed by atoms with van der Waals surface area (Å²) >= 11 is 0. The fourth-order valence-corrected chi connectivity index (χ4v) is 2.57. The molecule has 27 heavy (non-hydrogen) atoms. The number of benzene rings is 2. The fraction of sp³-hybridized carbons (Fsp3) is 0.0667. The van der Waals surface area contributed by atoms with Crippen LogP contribution in [0.1, 0.15) is 0 Å². The molecule has 0 spiro atoms. The van der Waals surface area contributed by atoms with Gasteiger partial charge in [-0.1, -0.05) is 17.3 Å². The molecular weight excluding hydrogens is 389 g/mol. The van der Waals surface area contributed by atoms with E-state index in [1.165, 1.54) is 48.7 Å². The number of halogens is 3. The third-order valence-corrected chi connectivity index (χ3v) is 3.62. The van der Waals surface area contributed by atoms with Crippen LogP contribution in [-0.4, -0.2) is 29.8 Å². The van der Waals surface area contributed by atoms with Gasteiger partial charge in [-0.2, -0.15) is 13.6 Å². The second kappa shape index (κ2) is 6.89. The number of nitrogens with two attached hydrogens (primary N) is 1. The minimum Gasteiger partial charge on any atom is -0.403 e. The SMILES string of the molecule is NS(=O)(=O)Oc1ccc(-c2cn(-c3ccccc3OC(F)(F)F)nn2)cc1. The van der Waals surface area contributed by atoms with Gasteiger partial charge in [0.25, 0.3) is 0 Å². The lowest BCUT2D eigenvalue weighted by atomic mass is 10.2. The van der Waals surface area contributed by atoms with Crippen LogP contribution in [0.3, 0.4) is 0 Å². The normalized spacial score (nSPS) is 12.0. The fourth-order valence-electron chi connectivity index (χ4n) is 2.19. The molecule has 0 amide bonds. The average molecular weight is 400 g/mol. The Hall–Kier alpha value is -3.12. The van der Waals surface area contributed by atoms with Crippen LogP contribution in [0.4, 0.5) is 13.2 Å². The maximum atomic E-state index is 12.5. The zero-order chi connectivity index (χ0) is 19.7. The van der Waals surface area contributed by atoms with Crippen LogP contribution >= 0.6 is 0 Å². The van der Waals surface area contributed by atoms with E-state index in [4.69, 9.17) is 5.14 Å². The molecule has 1 heterocycles. The highest BCUT2D eigenvalue weighted by Crippen LogP contribution is 2.29. The lowest BCUT2D eigenvalue weighted by Crippen LogP contribution is -2.18. The molecule has 0 aliphatic heterocycles. The highest BCUT2D eigenvalue weighted by atomic mass is 32.2. The average Bonchev–Trinajstić information content (AvgIpc) is 3.03. The summed E-state index contributed by atoms with van der Waals surface area (Å²) in [5.74, 6) is -0.434. The van der Waals surface area contributed by atoms with Crippen LogP contribution in [0.2, 0.25) is 0 Å². The largest absolute Gasteiger partial charge is 0.573 e. The predicted octanol–water partition coefficient (Wildman–Crippen LogP) is 2.42. The molecule has 0 atom stereocenters. The molecule has 0 aliphatic rings. The summed E-state index contributed by atoms with van der Waals surface area (Å²) in [6.07, 6.45) is -3.45. The van der Waals surface area contributed by atoms with E-state index in [9.17, 15) is 21.6 Å². The molecule has 142 valence electrons. The van der Waals surface area contributed by atoms with Crippen molar-refractivity contribution in [1.29, 1.82) is 0 Å². The molecule has 0 saturated carbocycles. The van der Waals surface area contributed by atoms with Crippen molar-refractivity contribution in [3.63, 3.8) is 0 Å². The van der Waals surface area contributed by atoms with Gasteiger partial charge >= 0.3 is 16.7 Å². The van der Waals surface area contributed by atoms with Crippen LogP contribution in [0.5, 0.6) is 11.5 Å². The van der Waals surface area contributed by atoms with Crippen molar-refractivity contribution in [2.24, 2.45) is 5.14 Å². The molecule has 12 heteroatoms. The molecule has 8 nitrogen and oxygen atoms in total. The summed E-state index contributed by atoms with van der Waals surface area (Å²) in [5.41, 5.74) is 0.902. The monoisotopic (exact) mass is 400 g/mol. The number of aromatic nitrogens is 3. The molecule has 0 radical (unpaired) electrons. The van der Waals surface area contributed by atoms with E-state index in [1.807, 2.05) is 0 Å². The molecule has 1 aromatic heterocycles. The highest BCUT2D eigenvalue weighted by molar-refractivity contribution is 7.84. The number of rotatable bonds is 5. The first-order chi connectivity index (χ1) is 12.6. The standard InChI is InChI=1S/C15H11F3N4O4S/c16-15(17,18)25-14-4-2-1-3-13(14)22-9-12(20-21-22)10-5-7-11(8-6-10)26-27(19,23)24/h1-9H,(H2,19,23,24). The van der Waals surface area contributed by atoms with Gasteiger partial charge < -0.3 is 8.92 Å². The zero-order valence-corrected chi connectivity index (χ0v) is 14.1. The second-order valence-corrected chi connectivity index (χ2v) is 6.32. The summed E-state index contributed by atoms with van der Waals surface area (Å²) in [6, 6.07) is 11.1. The van der Waals surface area contributed by atoms with Crippen molar-refractivity contribution in [3.8, 4) is 28.4 Å². The first-order valence-electron chi connectivity index (χ1n) is 7.21. The maximum Gasteiger partial charge on any atom is 0.573 e. The van der Waals surface area contributed by atoms with Crippen molar-refractivity contribution in [3.05, 3.63) is 54.7 Å². The van der Waals surface area contributed by atoms with E-state index in [-0.39, 0.29) is 11.4 Å². The summed E-state index contributed by atoms with van der Waals surface area (Å²) in [4.78, 5) is 0. The minimum atomic E-state index is -4.85. The lowest BCUT2D eigenvalue weighted by molar-refractivity contribution is -0.274. The molecule has 0 aliphatic carbocycles. The van der Waals surface area contributed by atoms with Crippen LogP contribution < -0.4 is 14.1 Å². The molecule has 3 aromatic rings. The van der Waals surface area contributed by atoms with E-state index in [2.05, 4.69) is 19.2 Å². The van der Waals surface area contributed by atoms with Gasteiger partial charge in [0.1, 0.15) is 17.1 Å². The van der Waals surface area contributed by atoms with Gasteiger partial charge in [0, 0.05) is 5.56 Å². The Labute approximate surface area is 151 Å². The molecule has 3 rings (SSSR count). The van der Waals surface area contributed by atoms with Crippen LogP contribution in [0.25, 0.3) is 16.9 Å². The maximum absolute atomic E-state index is 12.5. The number of hydrogen-bond donors (Lipinski definition) is 1. The van der Waals surface area contributed by atoms with Crippen LogP contribution in [0, 0.1) is 0 Å².